The van der Waals surface area contributed by atoms with Crippen molar-refractivity contribution in [3.63, 3.8) is 0 Å². The molecular formula is C14H20FNO. The number of ether oxygens (including phenoxy) is 1. The van der Waals surface area contributed by atoms with Gasteiger partial charge in [-0.05, 0) is 44.4 Å². The van der Waals surface area contributed by atoms with Crippen LogP contribution in [0.1, 0.15) is 38.2 Å². The van der Waals surface area contributed by atoms with E-state index in [1.807, 2.05) is 24.3 Å². The molecule has 0 bridgehead atoms. The van der Waals surface area contributed by atoms with Gasteiger partial charge < -0.3 is 10.5 Å². The van der Waals surface area contributed by atoms with Crippen LogP contribution in [0.3, 0.4) is 0 Å². The number of rotatable bonds is 4. The molecule has 2 rings (SSSR count). The second kappa shape index (κ2) is 3.98. The van der Waals surface area contributed by atoms with Gasteiger partial charge in [-0.1, -0.05) is 12.1 Å². The van der Waals surface area contributed by atoms with Crippen molar-refractivity contribution in [3.05, 3.63) is 29.8 Å². The minimum Gasteiger partial charge on any atom is -0.497 e. The minimum absolute atomic E-state index is 0.273. The third-order valence-electron chi connectivity index (χ3n) is 3.52. The first-order valence-corrected chi connectivity index (χ1v) is 5.98. The van der Waals surface area contributed by atoms with Crippen LogP contribution in [0.25, 0.3) is 0 Å². The summed E-state index contributed by atoms with van der Waals surface area (Å²) < 4.78 is 19.6. The zero-order chi connectivity index (χ0) is 12.7. The summed E-state index contributed by atoms with van der Waals surface area (Å²) in [5, 5.41) is 0. The highest BCUT2D eigenvalue weighted by atomic mass is 19.1. The topological polar surface area (TPSA) is 35.2 Å². The molecule has 0 saturated heterocycles. The predicted molar refractivity (Wildman–Crippen MR) is 67.1 cm³/mol. The molecule has 2 N–H and O–H groups in total. The van der Waals surface area contributed by atoms with E-state index >= 15 is 0 Å². The van der Waals surface area contributed by atoms with Gasteiger partial charge in [-0.3, -0.25) is 0 Å². The molecule has 2 nitrogen and oxygen atoms in total. The lowest BCUT2D eigenvalue weighted by Gasteiger charge is -2.33. The van der Waals surface area contributed by atoms with Crippen LogP contribution in [-0.4, -0.2) is 18.3 Å². The average Bonchev–Trinajstić information content (AvgIpc) is 2.95. The van der Waals surface area contributed by atoms with Crippen molar-refractivity contribution in [1.82, 2.24) is 0 Å². The molecule has 0 aromatic heterocycles. The van der Waals surface area contributed by atoms with Gasteiger partial charge >= 0.3 is 0 Å². The fraction of sp³-hybridized carbons (Fsp3) is 0.571. The first-order chi connectivity index (χ1) is 7.87. The molecule has 1 unspecified atom stereocenters. The summed E-state index contributed by atoms with van der Waals surface area (Å²) in [7, 11) is 1.62. The lowest BCUT2D eigenvalue weighted by molar-refractivity contribution is 0.147. The summed E-state index contributed by atoms with van der Waals surface area (Å²) in [6, 6.07) is 7.57. The van der Waals surface area contributed by atoms with E-state index in [2.05, 4.69) is 0 Å². The predicted octanol–water partition coefficient (Wildman–Crippen LogP) is 3.02. The highest BCUT2D eigenvalue weighted by Crippen LogP contribution is 2.51. The average molecular weight is 237 g/mol. The van der Waals surface area contributed by atoms with Crippen LogP contribution in [0.2, 0.25) is 0 Å². The van der Waals surface area contributed by atoms with Crippen LogP contribution in [-0.2, 0) is 0 Å². The van der Waals surface area contributed by atoms with Crippen LogP contribution < -0.4 is 10.5 Å². The highest BCUT2D eigenvalue weighted by Gasteiger charge is 2.53. The number of methoxy groups -OCH3 is 1. The lowest BCUT2D eigenvalue weighted by atomic mass is 9.79. The summed E-state index contributed by atoms with van der Waals surface area (Å²) in [5.74, 6) is 0.478. The van der Waals surface area contributed by atoms with Gasteiger partial charge in [0, 0.05) is 11.5 Å². The summed E-state index contributed by atoms with van der Waals surface area (Å²) in [5.41, 5.74) is 5.44. The van der Waals surface area contributed by atoms with Crippen molar-refractivity contribution in [3.8, 4) is 5.75 Å². The molecule has 1 atom stereocenters. The highest BCUT2D eigenvalue weighted by molar-refractivity contribution is 5.36. The monoisotopic (exact) mass is 237 g/mol. The second-order valence-corrected chi connectivity index (χ2v) is 5.51. The van der Waals surface area contributed by atoms with E-state index in [4.69, 9.17) is 10.5 Å². The number of hydrogen-bond acceptors (Lipinski definition) is 2. The molecule has 0 amide bonds. The van der Waals surface area contributed by atoms with Crippen LogP contribution in [0.4, 0.5) is 4.39 Å². The molecule has 94 valence electrons. The Labute approximate surface area is 102 Å². The Bertz CT molecular complexity index is 402. The van der Waals surface area contributed by atoms with Gasteiger partial charge in [0.1, 0.15) is 11.4 Å². The van der Waals surface area contributed by atoms with Crippen molar-refractivity contribution in [2.45, 2.75) is 43.8 Å². The fourth-order valence-electron chi connectivity index (χ4n) is 2.67. The standard InChI is InChI=1S/C14H20FNO/c1-13(2,15)12(14(16)7-8-14)10-5-4-6-11(9-10)17-3/h4-6,9,12H,7-8,16H2,1-3H3. The normalized spacial score (nSPS) is 19.8. The first-order valence-electron chi connectivity index (χ1n) is 5.98. The van der Waals surface area contributed by atoms with E-state index < -0.39 is 5.67 Å². The number of nitrogens with two attached hydrogens (primary N) is 1. The fourth-order valence-corrected chi connectivity index (χ4v) is 2.67. The van der Waals surface area contributed by atoms with Crippen LogP contribution in [0.15, 0.2) is 24.3 Å². The van der Waals surface area contributed by atoms with E-state index in [-0.39, 0.29) is 11.5 Å². The van der Waals surface area contributed by atoms with E-state index in [9.17, 15) is 4.39 Å². The summed E-state index contributed by atoms with van der Waals surface area (Å²) >= 11 is 0. The van der Waals surface area contributed by atoms with Crippen molar-refractivity contribution in [2.75, 3.05) is 7.11 Å². The number of halogens is 1. The van der Waals surface area contributed by atoms with Crippen molar-refractivity contribution >= 4 is 0 Å². The number of benzene rings is 1. The van der Waals surface area contributed by atoms with Crippen molar-refractivity contribution in [1.29, 1.82) is 0 Å². The summed E-state index contributed by atoms with van der Waals surface area (Å²) in [6.07, 6.45) is 1.78. The summed E-state index contributed by atoms with van der Waals surface area (Å²) in [4.78, 5) is 0. The van der Waals surface area contributed by atoms with Crippen LogP contribution in [0.5, 0.6) is 5.75 Å². The number of hydrogen-bond donors (Lipinski definition) is 1. The SMILES string of the molecule is COc1cccc(C(C(C)(C)F)C2(N)CC2)c1. The molecule has 1 saturated carbocycles. The first kappa shape index (κ1) is 12.4. The second-order valence-electron chi connectivity index (χ2n) is 5.51. The third kappa shape index (κ3) is 2.44. The van der Waals surface area contributed by atoms with Gasteiger partial charge in [-0.25, -0.2) is 4.39 Å². The lowest BCUT2D eigenvalue weighted by Crippen LogP contribution is -2.41. The Morgan fingerprint density at radius 2 is 2.06 bits per heavy atom. The largest absolute Gasteiger partial charge is 0.497 e. The Kier molecular flexibility index (Phi) is 2.90. The molecule has 1 fully saturated rings. The van der Waals surface area contributed by atoms with Crippen molar-refractivity contribution < 1.29 is 9.13 Å². The molecule has 0 spiro atoms. The molecule has 1 aliphatic carbocycles. The minimum atomic E-state index is -1.32. The molecule has 0 aliphatic heterocycles. The van der Waals surface area contributed by atoms with Gasteiger partial charge in [0.25, 0.3) is 0 Å². The van der Waals surface area contributed by atoms with Gasteiger partial charge in [0.05, 0.1) is 7.11 Å². The summed E-state index contributed by atoms with van der Waals surface area (Å²) in [6.45, 7) is 3.20. The molecule has 1 aliphatic rings. The van der Waals surface area contributed by atoms with Crippen LogP contribution >= 0.6 is 0 Å². The van der Waals surface area contributed by atoms with Crippen LogP contribution in [0, 0.1) is 0 Å². The van der Waals surface area contributed by atoms with E-state index in [0.29, 0.717) is 0 Å². The molecule has 3 heteroatoms. The Morgan fingerprint density at radius 3 is 2.53 bits per heavy atom. The van der Waals surface area contributed by atoms with Gasteiger partial charge in [-0.2, -0.15) is 0 Å². The molecule has 17 heavy (non-hydrogen) atoms. The Morgan fingerprint density at radius 1 is 1.41 bits per heavy atom. The molecule has 1 aromatic carbocycles. The van der Waals surface area contributed by atoms with Gasteiger partial charge in [-0.15, -0.1) is 0 Å². The maximum atomic E-state index is 14.4. The molecule has 1 aromatic rings. The third-order valence-corrected chi connectivity index (χ3v) is 3.52. The zero-order valence-corrected chi connectivity index (χ0v) is 10.7. The van der Waals surface area contributed by atoms with Gasteiger partial charge in [0.15, 0.2) is 0 Å². The smallest absolute Gasteiger partial charge is 0.119 e. The molecule has 0 heterocycles. The maximum absolute atomic E-state index is 14.4. The Balaban J connectivity index is 2.39. The number of alkyl halides is 1. The quantitative estimate of drug-likeness (QED) is 0.873. The molecular weight excluding hydrogens is 217 g/mol. The Hall–Kier alpha value is -1.09. The maximum Gasteiger partial charge on any atom is 0.119 e. The van der Waals surface area contributed by atoms with E-state index in [1.165, 1.54) is 0 Å². The van der Waals surface area contributed by atoms with E-state index in [1.54, 1.807) is 21.0 Å². The molecule has 0 radical (unpaired) electrons. The zero-order valence-electron chi connectivity index (χ0n) is 10.7. The van der Waals surface area contributed by atoms with E-state index in [0.717, 1.165) is 24.2 Å². The van der Waals surface area contributed by atoms with Crippen molar-refractivity contribution in [2.24, 2.45) is 5.73 Å². The van der Waals surface area contributed by atoms with Gasteiger partial charge in [0.2, 0.25) is 0 Å².